The summed E-state index contributed by atoms with van der Waals surface area (Å²) in [6.07, 6.45) is 6.98. The molecule has 11 heteroatoms. The van der Waals surface area contributed by atoms with Gasteiger partial charge in [-0.05, 0) is 63.6 Å². The molecule has 2 unspecified atom stereocenters. The number of amides is 1. The van der Waals surface area contributed by atoms with Crippen LogP contribution in [0.5, 0.6) is 0 Å². The predicted molar refractivity (Wildman–Crippen MR) is 153 cm³/mol. The first-order chi connectivity index (χ1) is 18.8. The van der Waals surface area contributed by atoms with Gasteiger partial charge in [0.05, 0.1) is 29.1 Å². The predicted octanol–water partition coefficient (Wildman–Crippen LogP) is 6.24. The maximum atomic E-state index is 12.7. The van der Waals surface area contributed by atoms with E-state index in [1.54, 1.807) is 82.3 Å². The molecule has 3 aromatic heterocycles. The van der Waals surface area contributed by atoms with Crippen LogP contribution in [0.1, 0.15) is 39.5 Å². The maximum absolute atomic E-state index is 12.7. The highest BCUT2D eigenvalue weighted by Gasteiger charge is 2.32. The first-order valence-electron chi connectivity index (χ1n) is 12.4. The number of benzene rings is 1. The number of hydrogen-bond acceptors (Lipinski definition) is 7. The second-order valence-corrected chi connectivity index (χ2v) is 11.5. The standard InChI is InChI=1S/C29H30N5O5P/c1-7-27(35)33(6)24-12-22(15-31-17-24)23-13-25-26(21-10-8-9-20(11-21)14-30)18-34(28(25)32-16-23)19(2)38-40(36,37)39-29(3,4)5/h7-13,15-19H,1H2,2-6H3,(H,36,37). The van der Waals surface area contributed by atoms with Gasteiger partial charge in [-0.15, -0.1) is 0 Å². The van der Waals surface area contributed by atoms with Crippen LogP contribution in [0.2, 0.25) is 0 Å². The van der Waals surface area contributed by atoms with Crippen LogP contribution in [-0.4, -0.2) is 38.0 Å². The molecule has 206 valence electrons. The first-order valence-corrected chi connectivity index (χ1v) is 13.9. The first kappa shape index (κ1) is 28.9. The summed E-state index contributed by atoms with van der Waals surface area (Å²) in [6, 6.07) is 13.0. The highest BCUT2D eigenvalue weighted by Crippen LogP contribution is 2.50. The van der Waals surface area contributed by atoms with Gasteiger partial charge in [-0.3, -0.25) is 18.8 Å². The van der Waals surface area contributed by atoms with Crippen molar-refractivity contribution >= 4 is 30.5 Å². The molecule has 40 heavy (non-hydrogen) atoms. The Kier molecular flexibility index (Phi) is 8.05. The van der Waals surface area contributed by atoms with Crippen molar-refractivity contribution in [1.29, 1.82) is 5.26 Å². The third kappa shape index (κ3) is 6.36. The average molecular weight is 560 g/mol. The number of fused-ring (bicyclic) bond motifs is 1. The zero-order chi connectivity index (χ0) is 29.2. The highest BCUT2D eigenvalue weighted by atomic mass is 31.2. The fourth-order valence-corrected chi connectivity index (χ4v) is 5.42. The van der Waals surface area contributed by atoms with Gasteiger partial charge in [0.1, 0.15) is 11.9 Å². The van der Waals surface area contributed by atoms with Gasteiger partial charge >= 0.3 is 7.82 Å². The summed E-state index contributed by atoms with van der Waals surface area (Å²) in [7, 11) is -2.78. The lowest BCUT2D eigenvalue weighted by atomic mass is 10.0. The summed E-state index contributed by atoms with van der Waals surface area (Å²) in [6.45, 7) is 10.1. The number of carbonyl (C=O) groups is 1. The molecule has 1 amide bonds. The van der Waals surface area contributed by atoms with Crippen LogP contribution in [0.25, 0.3) is 33.3 Å². The Morgan fingerprint density at radius 3 is 2.60 bits per heavy atom. The Morgan fingerprint density at radius 1 is 1.20 bits per heavy atom. The average Bonchev–Trinajstić information content (AvgIpc) is 3.30. The minimum atomic E-state index is -4.41. The van der Waals surface area contributed by atoms with Gasteiger partial charge in [-0.2, -0.15) is 5.26 Å². The summed E-state index contributed by atoms with van der Waals surface area (Å²) >= 11 is 0. The molecule has 1 N–H and O–H groups in total. The molecule has 4 aromatic rings. The Labute approximate surface area is 232 Å². The van der Waals surface area contributed by atoms with Crippen LogP contribution in [-0.2, 0) is 18.4 Å². The monoisotopic (exact) mass is 559 g/mol. The largest absolute Gasteiger partial charge is 0.474 e. The van der Waals surface area contributed by atoms with E-state index < -0.39 is 19.7 Å². The van der Waals surface area contributed by atoms with Gasteiger partial charge < -0.3 is 14.4 Å². The normalized spacial score (nSPS) is 13.8. The van der Waals surface area contributed by atoms with Crippen molar-refractivity contribution in [3.63, 3.8) is 0 Å². The summed E-state index contributed by atoms with van der Waals surface area (Å²) < 4.78 is 25.1. The van der Waals surface area contributed by atoms with E-state index >= 15 is 0 Å². The number of carbonyl (C=O) groups excluding carboxylic acids is 1. The number of nitriles is 1. The number of phosphoric acid groups is 1. The van der Waals surface area contributed by atoms with Gasteiger partial charge in [0.2, 0.25) is 5.91 Å². The molecule has 0 spiro atoms. The molecule has 0 radical (unpaired) electrons. The third-order valence-electron chi connectivity index (χ3n) is 5.99. The van der Waals surface area contributed by atoms with Crippen molar-refractivity contribution in [2.45, 2.75) is 39.5 Å². The minimum Gasteiger partial charge on any atom is -0.310 e. The van der Waals surface area contributed by atoms with E-state index in [1.807, 2.05) is 18.2 Å². The molecule has 10 nitrogen and oxygen atoms in total. The Hall–Kier alpha value is -4.13. The molecular formula is C29H30N5O5P. The summed E-state index contributed by atoms with van der Waals surface area (Å²) in [5.41, 5.74) is 3.62. The van der Waals surface area contributed by atoms with Crippen molar-refractivity contribution in [3.8, 4) is 28.3 Å². The third-order valence-corrected chi connectivity index (χ3v) is 7.34. The van der Waals surface area contributed by atoms with Crippen LogP contribution in [0, 0.1) is 11.3 Å². The van der Waals surface area contributed by atoms with E-state index in [9.17, 15) is 19.5 Å². The number of aromatic nitrogens is 3. The van der Waals surface area contributed by atoms with Gasteiger partial charge in [0.15, 0.2) is 0 Å². The lowest BCUT2D eigenvalue weighted by molar-refractivity contribution is -0.113. The zero-order valence-electron chi connectivity index (χ0n) is 22.9. The van der Waals surface area contributed by atoms with Crippen LogP contribution in [0.15, 0.2) is 73.8 Å². The van der Waals surface area contributed by atoms with Crippen molar-refractivity contribution in [2.75, 3.05) is 11.9 Å². The number of anilines is 1. The molecule has 2 atom stereocenters. The van der Waals surface area contributed by atoms with Gasteiger partial charge in [0.25, 0.3) is 0 Å². The SMILES string of the molecule is C=CC(=O)N(C)c1cncc(-c2cnc3c(c2)c(-c2cccc(C#N)c2)cn3C(C)OP(=O)(O)OC(C)(C)C)c1. The quantitative estimate of drug-likeness (QED) is 0.198. The number of likely N-dealkylation sites (N-methyl/N-ethyl adjacent to an activating group) is 1. The number of nitrogens with zero attached hydrogens (tertiary/aromatic N) is 5. The fourth-order valence-electron chi connectivity index (χ4n) is 4.20. The van der Waals surface area contributed by atoms with E-state index in [0.717, 1.165) is 22.3 Å². The molecule has 0 bridgehead atoms. The number of pyridine rings is 2. The topological polar surface area (TPSA) is 131 Å². The van der Waals surface area contributed by atoms with Crippen molar-refractivity contribution in [3.05, 3.63) is 79.4 Å². The highest BCUT2D eigenvalue weighted by molar-refractivity contribution is 7.47. The van der Waals surface area contributed by atoms with Gasteiger partial charge in [-0.1, -0.05) is 18.7 Å². The molecule has 0 fully saturated rings. The molecule has 0 aliphatic carbocycles. The van der Waals surface area contributed by atoms with E-state index in [4.69, 9.17) is 9.05 Å². The Morgan fingerprint density at radius 2 is 1.93 bits per heavy atom. The number of phosphoric ester groups is 1. The van der Waals surface area contributed by atoms with Gasteiger partial charge in [0, 0.05) is 47.7 Å². The Bertz CT molecular complexity index is 1680. The van der Waals surface area contributed by atoms with Crippen molar-refractivity contribution < 1.29 is 23.3 Å². The maximum Gasteiger partial charge on any atom is 0.474 e. The van der Waals surface area contributed by atoms with E-state index in [1.165, 1.54) is 11.0 Å². The fraction of sp³-hybridized carbons (Fsp3) is 0.241. The van der Waals surface area contributed by atoms with Crippen molar-refractivity contribution in [2.24, 2.45) is 0 Å². The van der Waals surface area contributed by atoms with Crippen LogP contribution in [0.3, 0.4) is 0 Å². The van der Waals surface area contributed by atoms with Crippen molar-refractivity contribution in [1.82, 2.24) is 14.5 Å². The smallest absolute Gasteiger partial charge is 0.310 e. The lowest BCUT2D eigenvalue weighted by Gasteiger charge is -2.25. The second-order valence-electron chi connectivity index (χ2n) is 10.1. The van der Waals surface area contributed by atoms with Crippen LogP contribution >= 0.6 is 7.82 Å². The lowest BCUT2D eigenvalue weighted by Crippen LogP contribution is -2.23. The molecule has 0 aliphatic heterocycles. The second kappa shape index (κ2) is 11.2. The minimum absolute atomic E-state index is 0.269. The molecular weight excluding hydrogens is 529 g/mol. The van der Waals surface area contributed by atoms with Gasteiger partial charge in [-0.25, -0.2) is 9.55 Å². The molecule has 4 rings (SSSR count). The van der Waals surface area contributed by atoms with E-state index in [2.05, 4.69) is 22.6 Å². The van der Waals surface area contributed by atoms with Crippen LogP contribution in [0.4, 0.5) is 5.69 Å². The molecule has 3 heterocycles. The summed E-state index contributed by atoms with van der Waals surface area (Å²) in [5, 5.41) is 10.2. The van der Waals surface area contributed by atoms with E-state index in [-0.39, 0.29) is 5.91 Å². The zero-order valence-corrected chi connectivity index (χ0v) is 23.8. The molecule has 0 saturated carbocycles. The molecule has 0 saturated heterocycles. The summed E-state index contributed by atoms with van der Waals surface area (Å²) in [4.78, 5) is 32.9. The number of hydrogen-bond donors (Lipinski definition) is 1. The number of rotatable bonds is 8. The van der Waals surface area contributed by atoms with Crippen LogP contribution < -0.4 is 4.90 Å². The Balaban J connectivity index is 1.84. The summed E-state index contributed by atoms with van der Waals surface area (Å²) in [5.74, 6) is -0.269. The molecule has 1 aromatic carbocycles. The van der Waals surface area contributed by atoms with E-state index in [0.29, 0.717) is 22.3 Å². The molecule has 0 aliphatic rings.